The minimum atomic E-state index is -0.193. The molecule has 2 heterocycles. The average Bonchev–Trinajstić information content (AvgIpc) is 3.19. The first-order valence-electron chi connectivity index (χ1n) is 8.43. The Hall–Kier alpha value is -2.52. The van der Waals surface area contributed by atoms with Gasteiger partial charge in [-0.15, -0.1) is 0 Å². The van der Waals surface area contributed by atoms with Crippen LogP contribution in [0.1, 0.15) is 24.2 Å². The van der Waals surface area contributed by atoms with Crippen LogP contribution >= 0.6 is 11.6 Å². The fourth-order valence-corrected chi connectivity index (χ4v) is 3.71. The number of likely N-dealkylation sites (N-methyl/N-ethyl adjacent to an activating group) is 1. The van der Waals surface area contributed by atoms with Crippen LogP contribution in [0.25, 0.3) is 11.3 Å². The van der Waals surface area contributed by atoms with Crippen molar-refractivity contribution in [2.75, 3.05) is 11.4 Å². The molecule has 0 aliphatic carbocycles. The van der Waals surface area contributed by atoms with Crippen molar-refractivity contribution in [1.29, 1.82) is 0 Å². The van der Waals surface area contributed by atoms with Crippen LogP contribution in [0.3, 0.4) is 0 Å². The van der Waals surface area contributed by atoms with Crippen molar-refractivity contribution in [3.63, 3.8) is 0 Å². The lowest BCUT2D eigenvalue weighted by Crippen LogP contribution is -2.28. The highest BCUT2D eigenvalue weighted by Crippen LogP contribution is 2.39. The van der Waals surface area contributed by atoms with E-state index in [0.29, 0.717) is 18.0 Å². The van der Waals surface area contributed by atoms with Crippen LogP contribution in [0.15, 0.2) is 65.1 Å². The molecule has 0 spiro atoms. The van der Waals surface area contributed by atoms with Gasteiger partial charge in [-0.2, -0.15) is 0 Å². The monoisotopic (exact) mass is 351 g/mol. The van der Waals surface area contributed by atoms with Gasteiger partial charge in [0.15, 0.2) is 0 Å². The molecule has 4 rings (SSSR count). The van der Waals surface area contributed by atoms with E-state index in [1.165, 1.54) is 0 Å². The number of anilines is 1. The number of amides is 1. The van der Waals surface area contributed by atoms with E-state index in [9.17, 15) is 4.79 Å². The largest absolute Gasteiger partial charge is 0.461 e. The first kappa shape index (κ1) is 16.0. The molecule has 0 unspecified atom stereocenters. The van der Waals surface area contributed by atoms with Crippen LogP contribution in [-0.4, -0.2) is 12.5 Å². The van der Waals surface area contributed by atoms with Crippen LogP contribution in [0.5, 0.6) is 0 Å². The zero-order valence-electron chi connectivity index (χ0n) is 13.9. The van der Waals surface area contributed by atoms with Crippen LogP contribution in [-0.2, 0) is 11.2 Å². The zero-order chi connectivity index (χ0) is 17.4. The fourth-order valence-electron chi connectivity index (χ4n) is 3.49. The maximum Gasteiger partial charge on any atom is 0.235 e. The second-order valence-electron chi connectivity index (χ2n) is 6.14. The molecule has 0 radical (unpaired) electrons. The molecule has 0 bridgehead atoms. The number of halogens is 1. The van der Waals surface area contributed by atoms with Crippen molar-refractivity contribution in [2.45, 2.75) is 19.3 Å². The van der Waals surface area contributed by atoms with Crippen molar-refractivity contribution >= 4 is 23.2 Å². The van der Waals surface area contributed by atoms with E-state index in [0.717, 1.165) is 28.3 Å². The van der Waals surface area contributed by atoms with Gasteiger partial charge in [-0.25, -0.2) is 0 Å². The molecule has 126 valence electrons. The smallest absolute Gasteiger partial charge is 0.235 e. The summed E-state index contributed by atoms with van der Waals surface area (Å²) in [5.41, 5.74) is 2.95. The van der Waals surface area contributed by atoms with Gasteiger partial charge in [0, 0.05) is 24.2 Å². The fraction of sp³-hybridized carbons (Fsp3) is 0.190. The molecule has 0 saturated carbocycles. The topological polar surface area (TPSA) is 33.5 Å². The van der Waals surface area contributed by atoms with E-state index >= 15 is 0 Å². The summed E-state index contributed by atoms with van der Waals surface area (Å²) in [5.74, 6) is 1.47. The molecule has 2 aromatic carbocycles. The van der Waals surface area contributed by atoms with Gasteiger partial charge >= 0.3 is 0 Å². The van der Waals surface area contributed by atoms with Gasteiger partial charge in [-0.3, -0.25) is 4.79 Å². The lowest BCUT2D eigenvalue weighted by molar-refractivity contribution is -0.119. The molecule has 1 atom stereocenters. The van der Waals surface area contributed by atoms with E-state index in [2.05, 4.69) is 0 Å². The van der Waals surface area contributed by atoms with Crippen LogP contribution in [0.4, 0.5) is 5.69 Å². The lowest BCUT2D eigenvalue weighted by atomic mass is 9.96. The number of carbonyl (C=O) groups excluding carboxylic acids is 1. The summed E-state index contributed by atoms with van der Waals surface area (Å²) in [4.78, 5) is 14.6. The van der Waals surface area contributed by atoms with E-state index in [4.69, 9.17) is 16.0 Å². The van der Waals surface area contributed by atoms with Crippen molar-refractivity contribution in [3.05, 3.63) is 77.0 Å². The maximum atomic E-state index is 12.8. The molecule has 4 heteroatoms. The molecule has 0 fully saturated rings. The Morgan fingerprint density at radius 1 is 1.04 bits per heavy atom. The van der Waals surface area contributed by atoms with Crippen LogP contribution < -0.4 is 4.90 Å². The highest BCUT2D eigenvalue weighted by Gasteiger charge is 2.36. The Morgan fingerprint density at radius 2 is 1.80 bits per heavy atom. The van der Waals surface area contributed by atoms with Gasteiger partial charge < -0.3 is 9.32 Å². The third-order valence-electron chi connectivity index (χ3n) is 4.69. The molecule has 1 aliphatic heterocycles. The second kappa shape index (κ2) is 6.41. The number of para-hydroxylation sites is 1. The Bertz CT molecular complexity index is 931. The van der Waals surface area contributed by atoms with Gasteiger partial charge in [0.25, 0.3) is 0 Å². The molecular formula is C21H18ClNO2. The normalized spacial score (nSPS) is 16.3. The lowest BCUT2D eigenvalue weighted by Gasteiger charge is -2.14. The molecule has 0 saturated heterocycles. The summed E-state index contributed by atoms with van der Waals surface area (Å²) in [6.07, 6.45) is 0.552. The summed E-state index contributed by atoms with van der Waals surface area (Å²) in [6.45, 7) is 2.68. The first-order chi connectivity index (χ1) is 12.2. The highest BCUT2D eigenvalue weighted by molar-refractivity contribution is 6.33. The third kappa shape index (κ3) is 2.75. The predicted molar refractivity (Wildman–Crippen MR) is 100 cm³/mol. The number of hydrogen-bond acceptors (Lipinski definition) is 2. The van der Waals surface area contributed by atoms with Gasteiger partial charge in [0.05, 0.1) is 10.9 Å². The number of fused-ring (bicyclic) bond motifs is 1. The third-order valence-corrected chi connectivity index (χ3v) is 5.02. The number of furan rings is 1. The summed E-state index contributed by atoms with van der Waals surface area (Å²) in [5, 5.41) is 0.655. The van der Waals surface area contributed by atoms with Crippen molar-refractivity contribution in [2.24, 2.45) is 0 Å². The van der Waals surface area contributed by atoms with Crippen LogP contribution in [0, 0.1) is 0 Å². The Morgan fingerprint density at radius 3 is 2.60 bits per heavy atom. The predicted octanol–water partition coefficient (Wildman–Crippen LogP) is 5.29. The summed E-state index contributed by atoms with van der Waals surface area (Å²) < 4.78 is 5.99. The highest BCUT2D eigenvalue weighted by atomic mass is 35.5. The average molecular weight is 352 g/mol. The molecule has 3 aromatic rings. The van der Waals surface area contributed by atoms with Crippen molar-refractivity contribution in [1.82, 2.24) is 0 Å². The SMILES string of the molecule is CCN1C(=O)[C@H](Cc2ccc(-c3ccccc3Cl)o2)c2ccccc21. The minimum absolute atomic E-state index is 0.138. The molecule has 3 nitrogen and oxygen atoms in total. The molecule has 1 amide bonds. The molecule has 1 aromatic heterocycles. The van der Waals surface area contributed by atoms with Gasteiger partial charge in [-0.05, 0) is 42.8 Å². The van der Waals surface area contributed by atoms with Gasteiger partial charge in [-0.1, -0.05) is 41.9 Å². The molecule has 25 heavy (non-hydrogen) atoms. The van der Waals surface area contributed by atoms with Crippen molar-refractivity contribution in [3.8, 4) is 11.3 Å². The summed E-state index contributed by atoms with van der Waals surface area (Å²) >= 11 is 6.25. The van der Waals surface area contributed by atoms with E-state index in [-0.39, 0.29) is 11.8 Å². The van der Waals surface area contributed by atoms with Gasteiger partial charge in [0.2, 0.25) is 5.91 Å². The number of nitrogens with zero attached hydrogens (tertiary/aromatic N) is 1. The maximum absolute atomic E-state index is 12.8. The van der Waals surface area contributed by atoms with Gasteiger partial charge in [0.1, 0.15) is 11.5 Å². The number of carbonyl (C=O) groups is 1. The van der Waals surface area contributed by atoms with Crippen LogP contribution in [0.2, 0.25) is 5.02 Å². The molecule has 1 aliphatic rings. The molecular weight excluding hydrogens is 334 g/mol. The standard InChI is InChI=1S/C21H18ClNO2/c1-2-23-19-10-6-4-7-15(19)17(21(23)24)13-14-11-12-20(25-14)16-8-3-5-9-18(16)22/h3-12,17H,2,13H2,1H3/t17-/m1/s1. The van der Waals surface area contributed by atoms with E-state index in [1.54, 1.807) is 0 Å². The Balaban J connectivity index is 1.63. The Kier molecular flexibility index (Phi) is 4.10. The number of rotatable bonds is 4. The summed E-state index contributed by atoms with van der Waals surface area (Å²) in [7, 11) is 0. The van der Waals surface area contributed by atoms with E-state index in [1.807, 2.05) is 72.5 Å². The summed E-state index contributed by atoms with van der Waals surface area (Å²) in [6, 6.07) is 19.4. The quantitative estimate of drug-likeness (QED) is 0.639. The Labute approximate surface area is 151 Å². The zero-order valence-corrected chi connectivity index (χ0v) is 14.7. The molecule has 0 N–H and O–H groups in total. The van der Waals surface area contributed by atoms with E-state index < -0.39 is 0 Å². The van der Waals surface area contributed by atoms with Crippen molar-refractivity contribution < 1.29 is 9.21 Å². The first-order valence-corrected chi connectivity index (χ1v) is 8.80. The second-order valence-corrected chi connectivity index (χ2v) is 6.55. The number of benzene rings is 2. The minimum Gasteiger partial charge on any atom is -0.461 e. The number of hydrogen-bond donors (Lipinski definition) is 0.